The number of ether oxygens (including phenoxy) is 1. The Morgan fingerprint density at radius 3 is 2.65 bits per heavy atom. The number of thiazole rings is 1. The summed E-state index contributed by atoms with van der Waals surface area (Å²) in [7, 11) is 1.22. The van der Waals surface area contributed by atoms with E-state index in [2.05, 4.69) is 25.7 Å². The average Bonchev–Trinajstić information content (AvgIpc) is 2.86. The Balaban J connectivity index is 2.55. The van der Waals surface area contributed by atoms with Crippen molar-refractivity contribution in [3.05, 3.63) is 39.1 Å². The number of hydrogen-bond acceptors (Lipinski definition) is 5. The number of methoxy groups -OCH3 is 1. The molecule has 1 aromatic heterocycles. The van der Waals surface area contributed by atoms with Gasteiger partial charge in [-0.1, -0.05) is 0 Å². The first kappa shape index (κ1) is 14.8. The van der Waals surface area contributed by atoms with Crippen LogP contribution >= 0.6 is 27.3 Å². The molecule has 0 fully saturated rings. The highest BCUT2D eigenvalue weighted by atomic mass is 79.9. The fraction of sp³-hybridized carbons (Fsp3) is 0.154. The van der Waals surface area contributed by atoms with E-state index in [-0.39, 0.29) is 20.8 Å². The van der Waals surface area contributed by atoms with E-state index in [1.54, 1.807) is 6.07 Å². The Hall–Kier alpha value is -1.60. The van der Waals surface area contributed by atoms with Gasteiger partial charge in [-0.3, -0.25) is 4.79 Å². The van der Waals surface area contributed by atoms with Crippen LogP contribution in [-0.4, -0.2) is 23.8 Å². The topological polar surface area (TPSA) is 56.3 Å². The first-order chi connectivity index (χ1) is 9.43. The van der Waals surface area contributed by atoms with Gasteiger partial charge in [-0.2, -0.15) is 0 Å². The SMILES string of the molecule is COC(=O)c1nc(-c2ccc(F)c(Br)c2)sc1C(C)=O. The summed E-state index contributed by atoms with van der Waals surface area (Å²) in [6.45, 7) is 1.35. The minimum absolute atomic E-state index is 0.0135. The van der Waals surface area contributed by atoms with Crippen LogP contribution in [0.2, 0.25) is 0 Å². The molecule has 0 bridgehead atoms. The second-order valence-electron chi connectivity index (χ2n) is 3.87. The van der Waals surface area contributed by atoms with Crippen LogP contribution in [0.5, 0.6) is 0 Å². The van der Waals surface area contributed by atoms with Gasteiger partial charge in [0.2, 0.25) is 0 Å². The number of rotatable bonds is 3. The molecule has 1 heterocycles. The molecule has 0 atom stereocenters. The van der Waals surface area contributed by atoms with Crippen molar-refractivity contribution in [3.8, 4) is 10.6 Å². The van der Waals surface area contributed by atoms with Crippen molar-refractivity contribution in [2.24, 2.45) is 0 Å². The molecule has 0 radical (unpaired) electrons. The molecular formula is C13H9BrFNO3S. The molecule has 0 aliphatic carbocycles. The third-order valence-corrected chi connectivity index (χ3v) is 4.31. The Bertz CT molecular complexity index is 699. The summed E-state index contributed by atoms with van der Waals surface area (Å²) < 4.78 is 18.1. The zero-order valence-electron chi connectivity index (χ0n) is 10.6. The van der Waals surface area contributed by atoms with Gasteiger partial charge in [0, 0.05) is 12.5 Å². The van der Waals surface area contributed by atoms with Gasteiger partial charge in [0.1, 0.15) is 15.7 Å². The summed E-state index contributed by atoms with van der Waals surface area (Å²) in [4.78, 5) is 27.5. The lowest BCUT2D eigenvalue weighted by Crippen LogP contribution is -2.06. The average molecular weight is 358 g/mol. The monoisotopic (exact) mass is 357 g/mol. The third kappa shape index (κ3) is 2.78. The van der Waals surface area contributed by atoms with Gasteiger partial charge in [0.15, 0.2) is 11.5 Å². The van der Waals surface area contributed by atoms with Crippen LogP contribution < -0.4 is 0 Å². The van der Waals surface area contributed by atoms with Crippen LogP contribution in [0.4, 0.5) is 4.39 Å². The fourth-order valence-corrected chi connectivity index (χ4v) is 2.87. The molecular weight excluding hydrogens is 349 g/mol. The van der Waals surface area contributed by atoms with E-state index in [0.29, 0.717) is 10.6 Å². The second-order valence-corrected chi connectivity index (χ2v) is 5.73. The number of Topliss-reactive ketones (excluding diaryl/α,β-unsaturated/α-hetero) is 1. The van der Waals surface area contributed by atoms with Crippen LogP contribution in [0.1, 0.15) is 27.1 Å². The van der Waals surface area contributed by atoms with Gasteiger partial charge >= 0.3 is 5.97 Å². The standard InChI is InChI=1S/C13H9BrFNO3S/c1-6(17)11-10(13(18)19-2)16-12(20-11)7-3-4-9(15)8(14)5-7/h3-5H,1-2H3. The lowest BCUT2D eigenvalue weighted by Gasteiger charge is -1.98. The first-order valence-corrected chi connectivity index (χ1v) is 7.10. The number of nitrogens with zero attached hydrogens (tertiary/aromatic N) is 1. The predicted octanol–water partition coefficient (Wildman–Crippen LogP) is 3.70. The number of ketones is 1. The fourth-order valence-electron chi connectivity index (χ4n) is 1.55. The quantitative estimate of drug-likeness (QED) is 0.620. The van der Waals surface area contributed by atoms with Gasteiger partial charge in [-0.15, -0.1) is 11.3 Å². The molecule has 4 nitrogen and oxygen atoms in total. The minimum Gasteiger partial charge on any atom is -0.464 e. The van der Waals surface area contributed by atoms with Crippen LogP contribution in [0.15, 0.2) is 22.7 Å². The van der Waals surface area contributed by atoms with E-state index < -0.39 is 11.8 Å². The highest BCUT2D eigenvalue weighted by Crippen LogP contribution is 2.31. The maximum absolute atomic E-state index is 13.2. The van der Waals surface area contributed by atoms with E-state index in [1.165, 1.54) is 26.2 Å². The van der Waals surface area contributed by atoms with Gasteiger partial charge in [0.05, 0.1) is 11.6 Å². The molecule has 0 N–H and O–H groups in total. The van der Waals surface area contributed by atoms with E-state index in [9.17, 15) is 14.0 Å². The lowest BCUT2D eigenvalue weighted by atomic mass is 10.2. The van der Waals surface area contributed by atoms with Crippen LogP contribution in [0.25, 0.3) is 10.6 Å². The smallest absolute Gasteiger partial charge is 0.358 e. The van der Waals surface area contributed by atoms with Crippen molar-refractivity contribution in [2.45, 2.75) is 6.92 Å². The lowest BCUT2D eigenvalue weighted by molar-refractivity contribution is 0.0591. The number of carbonyl (C=O) groups excluding carboxylic acids is 2. The molecule has 0 unspecified atom stereocenters. The summed E-state index contributed by atoms with van der Waals surface area (Å²) in [6.07, 6.45) is 0. The number of benzene rings is 1. The van der Waals surface area contributed by atoms with Gasteiger partial charge in [0.25, 0.3) is 0 Å². The molecule has 1 aromatic carbocycles. The molecule has 0 aliphatic heterocycles. The molecule has 104 valence electrons. The number of esters is 1. The Kier molecular flexibility index (Phi) is 4.29. The number of aromatic nitrogens is 1. The Labute approximate surface area is 126 Å². The number of carbonyl (C=O) groups is 2. The molecule has 0 amide bonds. The predicted molar refractivity (Wildman–Crippen MR) is 76.6 cm³/mol. The molecule has 2 rings (SSSR count). The zero-order chi connectivity index (χ0) is 14.9. The minimum atomic E-state index is -0.668. The van der Waals surface area contributed by atoms with Crippen molar-refractivity contribution in [3.63, 3.8) is 0 Å². The molecule has 0 spiro atoms. The third-order valence-electron chi connectivity index (χ3n) is 2.49. The molecule has 7 heteroatoms. The Morgan fingerprint density at radius 1 is 1.40 bits per heavy atom. The molecule has 20 heavy (non-hydrogen) atoms. The van der Waals surface area contributed by atoms with Crippen molar-refractivity contribution in [2.75, 3.05) is 7.11 Å². The van der Waals surface area contributed by atoms with Gasteiger partial charge in [-0.05, 0) is 34.1 Å². The summed E-state index contributed by atoms with van der Waals surface area (Å²) in [5.41, 5.74) is 0.598. The van der Waals surface area contributed by atoms with Crippen LogP contribution in [0.3, 0.4) is 0 Å². The van der Waals surface area contributed by atoms with Crippen LogP contribution in [-0.2, 0) is 4.74 Å². The Morgan fingerprint density at radius 2 is 2.10 bits per heavy atom. The molecule has 0 aliphatic rings. The van der Waals surface area contributed by atoms with E-state index >= 15 is 0 Å². The summed E-state index contributed by atoms with van der Waals surface area (Å²) in [5.74, 6) is -1.33. The molecule has 0 saturated heterocycles. The van der Waals surface area contributed by atoms with Crippen molar-refractivity contribution in [1.29, 1.82) is 0 Å². The molecule has 0 saturated carbocycles. The van der Waals surface area contributed by atoms with Crippen LogP contribution in [0, 0.1) is 5.82 Å². The first-order valence-electron chi connectivity index (χ1n) is 5.49. The van der Waals surface area contributed by atoms with E-state index in [4.69, 9.17) is 0 Å². The summed E-state index contributed by atoms with van der Waals surface area (Å²) >= 11 is 4.16. The maximum atomic E-state index is 13.2. The maximum Gasteiger partial charge on any atom is 0.358 e. The largest absolute Gasteiger partial charge is 0.464 e. The van der Waals surface area contributed by atoms with Crippen molar-refractivity contribution < 1.29 is 18.7 Å². The van der Waals surface area contributed by atoms with Crippen molar-refractivity contribution >= 4 is 39.0 Å². The normalized spacial score (nSPS) is 10.4. The number of hydrogen-bond donors (Lipinski definition) is 0. The summed E-state index contributed by atoms with van der Waals surface area (Å²) in [6, 6.07) is 4.36. The highest BCUT2D eigenvalue weighted by Gasteiger charge is 2.22. The number of halogens is 2. The van der Waals surface area contributed by atoms with E-state index in [1.807, 2.05) is 0 Å². The molecule has 2 aromatic rings. The van der Waals surface area contributed by atoms with Crippen molar-refractivity contribution in [1.82, 2.24) is 4.98 Å². The zero-order valence-corrected chi connectivity index (χ0v) is 13.0. The highest BCUT2D eigenvalue weighted by molar-refractivity contribution is 9.10. The summed E-state index contributed by atoms with van der Waals surface area (Å²) in [5, 5.41) is 0.455. The van der Waals surface area contributed by atoms with Gasteiger partial charge in [-0.25, -0.2) is 14.2 Å². The van der Waals surface area contributed by atoms with Gasteiger partial charge < -0.3 is 4.74 Å². The van der Waals surface area contributed by atoms with E-state index in [0.717, 1.165) is 11.3 Å². The second kappa shape index (κ2) is 5.80.